The van der Waals surface area contributed by atoms with E-state index in [1.54, 1.807) is 0 Å². The van der Waals surface area contributed by atoms with E-state index in [4.69, 9.17) is 10.8 Å². The number of nitrogens with two attached hydrogens (primary N) is 1. The van der Waals surface area contributed by atoms with Gasteiger partial charge in [0.25, 0.3) is 0 Å². The fourth-order valence-corrected chi connectivity index (χ4v) is 2.52. The maximum atomic E-state index is 10.8. The van der Waals surface area contributed by atoms with Crippen LogP contribution in [0, 0.1) is 6.92 Å². The number of hydrogen-bond donors (Lipinski definition) is 2. The molecule has 4 heteroatoms. The van der Waals surface area contributed by atoms with E-state index in [1.807, 2.05) is 6.92 Å². The highest BCUT2D eigenvalue weighted by Gasteiger charge is 2.25. The highest BCUT2D eigenvalue weighted by molar-refractivity contribution is 7.15. The van der Waals surface area contributed by atoms with Gasteiger partial charge in [0, 0.05) is 4.88 Å². The van der Waals surface area contributed by atoms with Crippen LogP contribution in [0.25, 0.3) is 0 Å². The van der Waals surface area contributed by atoms with Crippen LogP contribution >= 0.6 is 11.3 Å². The fraction of sp³-hybridized carbons (Fsp3) is 0.500. The molecular weight excluding hydrogens is 198 g/mol. The van der Waals surface area contributed by atoms with Gasteiger partial charge in [-0.15, -0.1) is 11.3 Å². The van der Waals surface area contributed by atoms with Gasteiger partial charge in [-0.2, -0.15) is 0 Å². The second-order valence-electron chi connectivity index (χ2n) is 4.35. The Bertz CT molecular complexity index is 374. The van der Waals surface area contributed by atoms with Gasteiger partial charge in [-0.1, -0.05) is 20.8 Å². The molecule has 3 N–H and O–H groups in total. The number of nitrogen functional groups attached to an aromatic ring is 1. The van der Waals surface area contributed by atoms with E-state index in [-0.39, 0.29) is 10.3 Å². The van der Waals surface area contributed by atoms with Crippen LogP contribution in [0.3, 0.4) is 0 Å². The van der Waals surface area contributed by atoms with Crippen LogP contribution in [0.1, 0.15) is 40.9 Å². The van der Waals surface area contributed by atoms with Crippen molar-refractivity contribution in [3.05, 3.63) is 15.3 Å². The monoisotopic (exact) mass is 213 g/mol. The summed E-state index contributed by atoms with van der Waals surface area (Å²) in [5.74, 6) is -0.939. The molecule has 1 aromatic rings. The molecule has 0 unspecified atom stereocenters. The van der Waals surface area contributed by atoms with Gasteiger partial charge < -0.3 is 10.8 Å². The van der Waals surface area contributed by atoms with Gasteiger partial charge in [-0.3, -0.25) is 0 Å². The Morgan fingerprint density at radius 3 is 2.14 bits per heavy atom. The number of hydrogen-bond acceptors (Lipinski definition) is 3. The van der Waals surface area contributed by atoms with E-state index in [2.05, 4.69) is 20.8 Å². The van der Waals surface area contributed by atoms with Crippen LogP contribution in [0.15, 0.2) is 0 Å². The molecule has 0 aliphatic carbocycles. The Morgan fingerprint density at radius 2 is 1.93 bits per heavy atom. The van der Waals surface area contributed by atoms with Crippen molar-refractivity contribution < 1.29 is 9.90 Å². The van der Waals surface area contributed by atoms with Gasteiger partial charge in [0.1, 0.15) is 4.88 Å². The van der Waals surface area contributed by atoms with E-state index >= 15 is 0 Å². The normalized spacial score (nSPS) is 11.7. The number of carbonyl (C=O) groups is 1. The molecule has 0 saturated heterocycles. The first-order valence-corrected chi connectivity index (χ1v) is 5.19. The number of carboxylic acids is 1. The predicted octanol–water partition coefficient (Wildman–Crippen LogP) is 2.63. The van der Waals surface area contributed by atoms with Crippen molar-refractivity contribution in [2.75, 3.05) is 5.73 Å². The number of thiophene rings is 1. The lowest BCUT2D eigenvalue weighted by atomic mass is 9.92. The first kappa shape index (κ1) is 11.0. The molecule has 0 amide bonds. The number of anilines is 1. The van der Waals surface area contributed by atoms with Crippen LogP contribution in [-0.4, -0.2) is 11.1 Å². The molecule has 14 heavy (non-hydrogen) atoms. The molecule has 0 saturated carbocycles. The first-order chi connectivity index (χ1) is 6.25. The summed E-state index contributed by atoms with van der Waals surface area (Å²) >= 11 is 1.28. The van der Waals surface area contributed by atoms with Crippen molar-refractivity contribution in [2.45, 2.75) is 33.1 Å². The second-order valence-corrected chi connectivity index (χ2v) is 5.37. The lowest BCUT2D eigenvalue weighted by Gasteiger charge is -2.17. The van der Waals surface area contributed by atoms with E-state index in [0.29, 0.717) is 5.69 Å². The van der Waals surface area contributed by atoms with Gasteiger partial charge in [-0.05, 0) is 17.9 Å². The third-order valence-electron chi connectivity index (χ3n) is 2.07. The average Bonchev–Trinajstić information content (AvgIpc) is 2.28. The summed E-state index contributed by atoms with van der Waals surface area (Å²) in [6.07, 6.45) is 0. The van der Waals surface area contributed by atoms with Gasteiger partial charge in [0.2, 0.25) is 0 Å². The van der Waals surface area contributed by atoms with Crippen molar-refractivity contribution in [1.82, 2.24) is 0 Å². The van der Waals surface area contributed by atoms with E-state index in [1.165, 1.54) is 11.3 Å². The Kier molecular flexibility index (Phi) is 2.58. The zero-order chi connectivity index (χ0) is 11.1. The minimum Gasteiger partial charge on any atom is -0.477 e. The summed E-state index contributed by atoms with van der Waals surface area (Å²) in [6.45, 7) is 8.03. The molecule has 0 atom stereocenters. The maximum absolute atomic E-state index is 10.8. The SMILES string of the molecule is Cc1c(C(C)(C)C)sc(C(=O)O)c1N. The second kappa shape index (κ2) is 3.28. The third-order valence-corrected chi connectivity index (χ3v) is 3.79. The van der Waals surface area contributed by atoms with E-state index < -0.39 is 5.97 Å². The van der Waals surface area contributed by atoms with Crippen molar-refractivity contribution >= 4 is 23.0 Å². The van der Waals surface area contributed by atoms with Gasteiger partial charge >= 0.3 is 5.97 Å². The molecule has 0 bridgehead atoms. The Morgan fingerprint density at radius 1 is 1.43 bits per heavy atom. The predicted molar refractivity (Wildman–Crippen MR) is 59.1 cm³/mol. The molecule has 1 aromatic heterocycles. The first-order valence-electron chi connectivity index (χ1n) is 4.37. The lowest BCUT2D eigenvalue weighted by Crippen LogP contribution is -2.10. The molecule has 0 spiro atoms. The van der Waals surface area contributed by atoms with Gasteiger partial charge in [0.05, 0.1) is 5.69 Å². The molecule has 0 radical (unpaired) electrons. The van der Waals surface area contributed by atoms with Crippen molar-refractivity contribution in [1.29, 1.82) is 0 Å². The molecular formula is C10H15NO2S. The zero-order valence-corrected chi connectivity index (χ0v) is 9.66. The molecule has 0 aromatic carbocycles. The van der Waals surface area contributed by atoms with Crippen LogP contribution in [0.2, 0.25) is 0 Å². The summed E-state index contributed by atoms with van der Waals surface area (Å²) in [7, 11) is 0. The minimum absolute atomic E-state index is 0.0451. The molecule has 0 aliphatic heterocycles. The molecule has 0 aliphatic rings. The summed E-state index contributed by atoms with van der Waals surface area (Å²) in [6, 6.07) is 0. The summed E-state index contributed by atoms with van der Waals surface area (Å²) < 4.78 is 0. The smallest absolute Gasteiger partial charge is 0.348 e. The Labute approximate surface area is 87.6 Å². The highest BCUT2D eigenvalue weighted by atomic mass is 32.1. The van der Waals surface area contributed by atoms with Crippen molar-refractivity contribution in [2.24, 2.45) is 0 Å². The highest BCUT2D eigenvalue weighted by Crippen LogP contribution is 2.38. The van der Waals surface area contributed by atoms with Gasteiger partial charge in [0.15, 0.2) is 0 Å². The molecule has 0 fully saturated rings. The average molecular weight is 213 g/mol. The number of aromatic carboxylic acids is 1. The van der Waals surface area contributed by atoms with Crippen LogP contribution in [0.5, 0.6) is 0 Å². The third kappa shape index (κ3) is 1.75. The molecule has 78 valence electrons. The fourth-order valence-electron chi connectivity index (χ4n) is 1.40. The lowest BCUT2D eigenvalue weighted by molar-refractivity contribution is 0.0703. The van der Waals surface area contributed by atoms with Crippen molar-refractivity contribution in [3.63, 3.8) is 0 Å². The standard InChI is InChI=1S/C10H15NO2S/c1-5-6(11)7(9(12)13)14-8(5)10(2,3)4/h11H2,1-4H3,(H,12,13). The Balaban J connectivity index is 3.37. The minimum atomic E-state index is -0.939. The van der Waals surface area contributed by atoms with E-state index in [9.17, 15) is 4.79 Å². The summed E-state index contributed by atoms with van der Waals surface area (Å²) in [5.41, 5.74) is 7.00. The number of carboxylic acid groups (broad SMARTS) is 1. The van der Waals surface area contributed by atoms with Crippen LogP contribution < -0.4 is 5.73 Å². The van der Waals surface area contributed by atoms with Crippen LogP contribution in [0.4, 0.5) is 5.69 Å². The molecule has 3 nitrogen and oxygen atoms in total. The largest absolute Gasteiger partial charge is 0.477 e. The zero-order valence-electron chi connectivity index (χ0n) is 8.84. The quantitative estimate of drug-likeness (QED) is 0.753. The summed E-state index contributed by atoms with van der Waals surface area (Å²) in [5, 5.41) is 8.90. The number of rotatable bonds is 1. The maximum Gasteiger partial charge on any atom is 0.348 e. The van der Waals surface area contributed by atoms with Crippen LogP contribution in [-0.2, 0) is 5.41 Å². The Hall–Kier alpha value is -1.03. The summed E-state index contributed by atoms with van der Waals surface area (Å²) in [4.78, 5) is 12.2. The van der Waals surface area contributed by atoms with Crippen molar-refractivity contribution in [3.8, 4) is 0 Å². The molecule has 1 rings (SSSR count). The topological polar surface area (TPSA) is 63.3 Å². The van der Waals surface area contributed by atoms with E-state index in [0.717, 1.165) is 10.4 Å². The molecule has 1 heterocycles. The van der Waals surface area contributed by atoms with Gasteiger partial charge in [-0.25, -0.2) is 4.79 Å².